The van der Waals surface area contributed by atoms with Crippen LogP contribution in [0.2, 0.25) is 0 Å². The van der Waals surface area contributed by atoms with Gasteiger partial charge in [-0.05, 0) is 26.0 Å². The Labute approximate surface area is 105 Å². The third kappa shape index (κ3) is 1.61. The summed E-state index contributed by atoms with van der Waals surface area (Å²) in [7, 11) is 0. The summed E-state index contributed by atoms with van der Waals surface area (Å²) < 4.78 is 1.97. The first kappa shape index (κ1) is 11.0. The Hall–Kier alpha value is -2.10. The van der Waals surface area contributed by atoms with Crippen LogP contribution in [0.15, 0.2) is 29.4 Å². The van der Waals surface area contributed by atoms with Crippen LogP contribution in [-0.4, -0.2) is 29.4 Å². The van der Waals surface area contributed by atoms with Crippen molar-refractivity contribution in [3.63, 3.8) is 0 Å². The Bertz CT molecular complexity index is 667. The molecule has 4 nitrogen and oxygen atoms in total. The molecule has 2 heterocycles. The van der Waals surface area contributed by atoms with Gasteiger partial charge in [0.05, 0.1) is 12.1 Å². The minimum Gasteiger partial charge on any atom is -0.354 e. The standard InChI is InChI=1S/C14H15N3O/c1-9-3-4-13-11(7-9)12(10(2)18)8-17(13)14-15-5-6-16-14/h3-4,7-8H,5-6H2,1-2H3,(H,15,16). The van der Waals surface area contributed by atoms with Crippen LogP contribution < -0.4 is 5.32 Å². The van der Waals surface area contributed by atoms with Crippen molar-refractivity contribution in [1.82, 2.24) is 9.88 Å². The predicted octanol–water partition coefficient (Wildman–Crippen LogP) is 1.96. The molecule has 1 aromatic heterocycles. The van der Waals surface area contributed by atoms with E-state index >= 15 is 0 Å². The summed E-state index contributed by atoms with van der Waals surface area (Å²) in [6.45, 7) is 5.28. The van der Waals surface area contributed by atoms with Crippen molar-refractivity contribution >= 4 is 22.6 Å². The van der Waals surface area contributed by atoms with Gasteiger partial charge in [0.2, 0.25) is 5.96 Å². The topological polar surface area (TPSA) is 46.4 Å². The van der Waals surface area contributed by atoms with E-state index in [9.17, 15) is 4.79 Å². The highest BCUT2D eigenvalue weighted by molar-refractivity contribution is 6.09. The van der Waals surface area contributed by atoms with E-state index in [1.165, 1.54) is 0 Å². The molecule has 2 aromatic rings. The van der Waals surface area contributed by atoms with E-state index in [2.05, 4.69) is 22.4 Å². The maximum Gasteiger partial charge on any atom is 0.202 e. The fourth-order valence-electron chi connectivity index (χ4n) is 2.35. The van der Waals surface area contributed by atoms with Crippen LogP contribution in [-0.2, 0) is 0 Å². The first-order valence-corrected chi connectivity index (χ1v) is 6.08. The van der Waals surface area contributed by atoms with Gasteiger partial charge in [-0.15, -0.1) is 0 Å². The molecule has 0 saturated heterocycles. The summed E-state index contributed by atoms with van der Waals surface area (Å²) in [5.41, 5.74) is 2.94. The zero-order valence-corrected chi connectivity index (χ0v) is 10.5. The first-order chi connectivity index (χ1) is 8.66. The second kappa shape index (κ2) is 3.98. The number of nitrogens with zero attached hydrogens (tertiary/aromatic N) is 2. The monoisotopic (exact) mass is 241 g/mol. The number of aromatic nitrogens is 1. The smallest absolute Gasteiger partial charge is 0.202 e. The number of hydrogen-bond donors (Lipinski definition) is 1. The summed E-state index contributed by atoms with van der Waals surface area (Å²) in [6, 6.07) is 6.15. The van der Waals surface area contributed by atoms with E-state index in [-0.39, 0.29) is 5.78 Å². The molecule has 0 atom stereocenters. The van der Waals surface area contributed by atoms with Gasteiger partial charge >= 0.3 is 0 Å². The molecule has 1 aliphatic rings. The van der Waals surface area contributed by atoms with Crippen LogP contribution >= 0.6 is 0 Å². The number of hydrogen-bond acceptors (Lipinski definition) is 3. The summed E-state index contributed by atoms with van der Waals surface area (Å²) in [6.07, 6.45) is 1.88. The number of nitrogens with one attached hydrogen (secondary N) is 1. The molecule has 0 spiro atoms. The van der Waals surface area contributed by atoms with Crippen LogP contribution in [0.5, 0.6) is 0 Å². The van der Waals surface area contributed by atoms with E-state index in [1.807, 2.05) is 23.8 Å². The minimum atomic E-state index is 0.0861. The van der Waals surface area contributed by atoms with Crippen molar-refractivity contribution < 1.29 is 4.79 Å². The zero-order valence-electron chi connectivity index (χ0n) is 10.5. The van der Waals surface area contributed by atoms with Gasteiger partial charge in [0.1, 0.15) is 0 Å². The van der Waals surface area contributed by atoms with Crippen molar-refractivity contribution in [3.05, 3.63) is 35.5 Å². The second-order valence-corrected chi connectivity index (χ2v) is 4.62. The first-order valence-electron chi connectivity index (χ1n) is 6.08. The number of benzene rings is 1. The van der Waals surface area contributed by atoms with Crippen LogP contribution in [0.3, 0.4) is 0 Å². The number of carbonyl (C=O) groups excluding carboxylic acids is 1. The van der Waals surface area contributed by atoms with Crippen molar-refractivity contribution in [3.8, 4) is 0 Å². The number of ketones is 1. The average molecular weight is 241 g/mol. The van der Waals surface area contributed by atoms with Crippen molar-refractivity contribution in [2.24, 2.45) is 4.99 Å². The average Bonchev–Trinajstić information content (AvgIpc) is 2.93. The fourth-order valence-corrected chi connectivity index (χ4v) is 2.35. The van der Waals surface area contributed by atoms with Crippen LogP contribution in [0.25, 0.3) is 10.9 Å². The predicted molar refractivity (Wildman–Crippen MR) is 72.4 cm³/mol. The van der Waals surface area contributed by atoms with Gasteiger partial charge in [0, 0.05) is 23.7 Å². The van der Waals surface area contributed by atoms with Crippen molar-refractivity contribution in [1.29, 1.82) is 0 Å². The Morgan fingerprint density at radius 2 is 2.28 bits per heavy atom. The molecule has 0 aliphatic carbocycles. The Kier molecular flexibility index (Phi) is 2.44. The molecule has 1 N–H and O–H groups in total. The molecule has 0 fully saturated rings. The van der Waals surface area contributed by atoms with Gasteiger partial charge in [0.15, 0.2) is 5.78 Å². The molecule has 0 saturated carbocycles. The molecule has 92 valence electrons. The maximum absolute atomic E-state index is 11.7. The summed E-state index contributed by atoms with van der Waals surface area (Å²) in [5, 5.41) is 4.23. The van der Waals surface area contributed by atoms with Crippen LogP contribution in [0.1, 0.15) is 22.8 Å². The molecular weight excluding hydrogens is 226 g/mol. The highest BCUT2D eigenvalue weighted by Gasteiger charge is 2.16. The quantitative estimate of drug-likeness (QED) is 0.776. The zero-order chi connectivity index (χ0) is 12.7. The number of aryl methyl sites for hydroxylation is 1. The summed E-state index contributed by atoms with van der Waals surface area (Å²) in [4.78, 5) is 16.1. The minimum absolute atomic E-state index is 0.0861. The van der Waals surface area contributed by atoms with Gasteiger partial charge in [0.25, 0.3) is 0 Å². The van der Waals surface area contributed by atoms with E-state index in [1.54, 1.807) is 6.92 Å². The van der Waals surface area contributed by atoms with E-state index < -0.39 is 0 Å². The molecule has 0 amide bonds. The third-order valence-corrected chi connectivity index (χ3v) is 3.22. The molecule has 3 rings (SSSR count). The van der Waals surface area contributed by atoms with Gasteiger partial charge in [-0.25, -0.2) is 0 Å². The van der Waals surface area contributed by atoms with Crippen molar-refractivity contribution in [2.75, 3.05) is 13.1 Å². The molecule has 4 heteroatoms. The normalized spacial score (nSPS) is 14.7. The van der Waals surface area contributed by atoms with Gasteiger partial charge in [-0.1, -0.05) is 11.6 Å². The summed E-state index contributed by atoms with van der Waals surface area (Å²) >= 11 is 0. The lowest BCUT2D eigenvalue weighted by Gasteiger charge is -2.05. The van der Waals surface area contributed by atoms with Crippen LogP contribution in [0, 0.1) is 6.92 Å². The Morgan fingerprint density at radius 1 is 1.44 bits per heavy atom. The van der Waals surface area contributed by atoms with E-state index in [0.29, 0.717) is 0 Å². The highest BCUT2D eigenvalue weighted by atomic mass is 16.1. The SMILES string of the molecule is CC(=O)c1cn(C2=NCCN2)c2ccc(C)cc12. The summed E-state index contributed by atoms with van der Waals surface area (Å²) in [5.74, 6) is 0.916. The lowest BCUT2D eigenvalue weighted by atomic mass is 10.1. The number of carbonyl (C=O) groups is 1. The molecule has 1 aliphatic heterocycles. The molecule has 18 heavy (non-hydrogen) atoms. The fraction of sp³-hybridized carbons (Fsp3) is 0.286. The molecule has 0 radical (unpaired) electrons. The number of fused-ring (bicyclic) bond motifs is 1. The van der Waals surface area contributed by atoms with Crippen molar-refractivity contribution in [2.45, 2.75) is 13.8 Å². The highest BCUT2D eigenvalue weighted by Crippen LogP contribution is 2.23. The number of rotatable bonds is 1. The number of Topliss-reactive ketones (excluding diaryl/α,β-unsaturated/α-hetero) is 1. The van der Waals surface area contributed by atoms with E-state index in [0.717, 1.165) is 41.1 Å². The van der Waals surface area contributed by atoms with Crippen LogP contribution in [0.4, 0.5) is 0 Å². The largest absolute Gasteiger partial charge is 0.354 e. The molecule has 0 unspecified atom stereocenters. The Balaban J connectivity index is 2.29. The molecule has 1 aromatic carbocycles. The third-order valence-electron chi connectivity index (χ3n) is 3.22. The molecule has 0 bridgehead atoms. The van der Waals surface area contributed by atoms with Gasteiger partial charge in [-0.3, -0.25) is 14.4 Å². The second-order valence-electron chi connectivity index (χ2n) is 4.62. The lowest BCUT2D eigenvalue weighted by Crippen LogP contribution is -2.25. The lowest BCUT2D eigenvalue weighted by molar-refractivity contribution is 0.101. The maximum atomic E-state index is 11.7. The van der Waals surface area contributed by atoms with Gasteiger partial charge in [-0.2, -0.15) is 0 Å². The van der Waals surface area contributed by atoms with Gasteiger partial charge < -0.3 is 5.32 Å². The number of aliphatic imine (C=N–C) groups is 1. The Morgan fingerprint density at radius 3 is 2.94 bits per heavy atom. The van der Waals surface area contributed by atoms with E-state index in [4.69, 9.17) is 0 Å². The molecular formula is C14H15N3O.